The predicted molar refractivity (Wildman–Crippen MR) is 138 cm³/mol. The molecular formula is C32H23N. The second-order valence-corrected chi connectivity index (χ2v) is 8.39. The molecule has 0 fully saturated rings. The van der Waals surface area contributed by atoms with Crippen molar-refractivity contribution in [3.05, 3.63) is 150 Å². The standard InChI is InChI=1S/C32H23N/c1-4-12-23(13-5-1)26-20-21-30-29(22-26)27-18-10-11-19-28(27)31(24-14-6-2-7-15-24)32(33-30)25-16-8-3-9-17-25/h1-22,31H/t31-/m0/s1. The second-order valence-electron chi connectivity index (χ2n) is 8.39. The molecule has 33 heavy (non-hydrogen) atoms. The van der Waals surface area contributed by atoms with Crippen molar-refractivity contribution >= 4 is 11.4 Å². The summed E-state index contributed by atoms with van der Waals surface area (Å²) >= 11 is 0. The van der Waals surface area contributed by atoms with E-state index in [0.717, 1.165) is 17.0 Å². The number of hydrogen-bond donors (Lipinski definition) is 0. The number of benzene rings is 5. The largest absolute Gasteiger partial charge is 0.251 e. The van der Waals surface area contributed by atoms with Crippen molar-refractivity contribution in [1.29, 1.82) is 0 Å². The Kier molecular flexibility index (Phi) is 4.93. The first-order valence-corrected chi connectivity index (χ1v) is 11.4. The molecule has 1 atom stereocenters. The first-order chi connectivity index (χ1) is 16.4. The zero-order valence-electron chi connectivity index (χ0n) is 18.2. The van der Waals surface area contributed by atoms with Gasteiger partial charge in [0.1, 0.15) is 0 Å². The Morgan fingerprint density at radius 2 is 1.06 bits per heavy atom. The molecule has 0 aromatic heterocycles. The van der Waals surface area contributed by atoms with Crippen LogP contribution < -0.4 is 0 Å². The van der Waals surface area contributed by atoms with E-state index in [1.54, 1.807) is 0 Å². The molecule has 156 valence electrons. The molecule has 0 saturated carbocycles. The lowest BCUT2D eigenvalue weighted by Crippen LogP contribution is -2.15. The van der Waals surface area contributed by atoms with Crippen LogP contribution in [0.3, 0.4) is 0 Å². The normalized spacial score (nSPS) is 14.5. The van der Waals surface area contributed by atoms with Crippen LogP contribution in [0.2, 0.25) is 0 Å². The summed E-state index contributed by atoms with van der Waals surface area (Å²) in [5, 5.41) is 0. The third-order valence-electron chi connectivity index (χ3n) is 6.38. The first kappa shape index (κ1) is 19.5. The van der Waals surface area contributed by atoms with Crippen molar-refractivity contribution in [3.8, 4) is 22.3 Å². The molecule has 5 aromatic rings. The Bertz CT molecular complexity index is 1430. The van der Waals surface area contributed by atoms with Crippen LogP contribution >= 0.6 is 0 Å². The maximum atomic E-state index is 5.33. The van der Waals surface area contributed by atoms with Gasteiger partial charge in [-0.05, 0) is 45.5 Å². The molecule has 0 saturated heterocycles. The van der Waals surface area contributed by atoms with Crippen molar-refractivity contribution in [2.24, 2.45) is 4.99 Å². The predicted octanol–water partition coefficient (Wildman–Crippen LogP) is 8.29. The fourth-order valence-corrected chi connectivity index (χ4v) is 4.82. The molecule has 1 aliphatic heterocycles. The highest BCUT2D eigenvalue weighted by atomic mass is 14.8. The van der Waals surface area contributed by atoms with E-state index >= 15 is 0 Å². The average molecular weight is 422 g/mol. The summed E-state index contributed by atoms with van der Waals surface area (Å²) in [6, 6.07) is 47.3. The van der Waals surface area contributed by atoms with Gasteiger partial charge in [0.2, 0.25) is 0 Å². The van der Waals surface area contributed by atoms with Crippen molar-refractivity contribution in [2.75, 3.05) is 0 Å². The van der Waals surface area contributed by atoms with Crippen molar-refractivity contribution in [1.82, 2.24) is 0 Å². The van der Waals surface area contributed by atoms with Crippen LogP contribution in [0.1, 0.15) is 22.6 Å². The summed E-state index contributed by atoms with van der Waals surface area (Å²) in [4.78, 5) is 5.33. The zero-order valence-corrected chi connectivity index (χ0v) is 18.2. The van der Waals surface area contributed by atoms with Gasteiger partial charge >= 0.3 is 0 Å². The number of aliphatic imine (C=N–C) groups is 1. The Labute approximate surface area is 194 Å². The number of rotatable bonds is 3. The van der Waals surface area contributed by atoms with E-state index in [4.69, 9.17) is 4.99 Å². The lowest BCUT2D eigenvalue weighted by Gasteiger charge is -2.21. The molecule has 6 rings (SSSR count). The van der Waals surface area contributed by atoms with Gasteiger partial charge in [-0.3, -0.25) is 4.99 Å². The summed E-state index contributed by atoms with van der Waals surface area (Å²) < 4.78 is 0. The third-order valence-corrected chi connectivity index (χ3v) is 6.38. The van der Waals surface area contributed by atoms with Gasteiger partial charge in [-0.25, -0.2) is 0 Å². The quantitative estimate of drug-likeness (QED) is 0.278. The SMILES string of the molecule is c1ccc(C2=Nc3ccc(-c4ccccc4)cc3-c3ccccc3[C@@H]2c2ccccc2)cc1. The molecule has 0 amide bonds. The fraction of sp³-hybridized carbons (Fsp3) is 0.0312. The number of fused-ring (bicyclic) bond motifs is 3. The molecule has 0 radical (unpaired) electrons. The average Bonchev–Trinajstić information content (AvgIpc) is 3.05. The van der Waals surface area contributed by atoms with Gasteiger partial charge in [-0.1, -0.05) is 121 Å². The van der Waals surface area contributed by atoms with E-state index in [2.05, 4.69) is 133 Å². The molecule has 0 bridgehead atoms. The highest BCUT2D eigenvalue weighted by Crippen LogP contribution is 2.44. The first-order valence-electron chi connectivity index (χ1n) is 11.4. The summed E-state index contributed by atoms with van der Waals surface area (Å²) in [5.41, 5.74) is 10.6. The van der Waals surface area contributed by atoms with Crippen LogP contribution in [0.4, 0.5) is 5.69 Å². The van der Waals surface area contributed by atoms with Crippen molar-refractivity contribution < 1.29 is 0 Å². The Balaban J connectivity index is 1.65. The van der Waals surface area contributed by atoms with Gasteiger partial charge in [-0.2, -0.15) is 0 Å². The van der Waals surface area contributed by atoms with Gasteiger partial charge in [0.15, 0.2) is 0 Å². The van der Waals surface area contributed by atoms with Crippen LogP contribution in [-0.4, -0.2) is 5.71 Å². The molecule has 1 heteroatoms. The lowest BCUT2D eigenvalue weighted by atomic mass is 9.81. The number of hydrogen-bond acceptors (Lipinski definition) is 1. The van der Waals surface area contributed by atoms with Gasteiger partial charge in [0.25, 0.3) is 0 Å². The summed E-state index contributed by atoms with van der Waals surface area (Å²) in [6.45, 7) is 0. The van der Waals surface area contributed by atoms with Gasteiger partial charge in [-0.15, -0.1) is 0 Å². The van der Waals surface area contributed by atoms with Gasteiger partial charge in [0, 0.05) is 5.56 Å². The van der Waals surface area contributed by atoms with Crippen molar-refractivity contribution in [3.63, 3.8) is 0 Å². The van der Waals surface area contributed by atoms with Crippen LogP contribution in [0.15, 0.2) is 138 Å². The second kappa shape index (κ2) is 8.37. The Hall–Kier alpha value is -4.23. The highest BCUT2D eigenvalue weighted by Gasteiger charge is 2.28. The molecule has 1 nitrogen and oxygen atoms in total. The minimum Gasteiger partial charge on any atom is -0.251 e. The van der Waals surface area contributed by atoms with Crippen molar-refractivity contribution in [2.45, 2.75) is 5.92 Å². The zero-order chi connectivity index (χ0) is 22.0. The van der Waals surface area contributed by atoms with Gasteiger partial charge < -0.3 is 0 Å². The van der Waals surface area contributed by atoms with E-state index in [9.17, 15) is 0 Å². The number of nitrogens with zero attached hydrogens (tertiary/aromatic N) is 1. The lowest BCUT2D eigenvalue weighted by molar-refractivity contribution is 1.08. The Morgan fingerprint density at radius 3 is 1.79 bits per heavy atom. The van der Waals surface area contributed by atoms with Crippen LogP contribution in [0, 0.1) is 0 Å². The Morgan fingerprint density at radius 1 is 0.455 bits per heavy atom. The molecule has 0 unspecified atom stereocenters. The topological polar surface area (TPSA) is 12.4 Å². The van der Waals surface area contributed by atoms with E-state index in [1.165, 1.54) is 33.4 Å². The van der Waals surface area contributed by atoms with E-state index in [1.807, 2.05) is 0 Å². The summed E-state index contributed by atoms with van der Waals surface area (Å²) in [7, 11) is 0. The minimum atomic E-state index is 0.0531. The minimum absolute atomic E-state index is 0.0531. The molecule has 0 spiro atoms. The molecule has 1 aliphatic rings. The maximum absolute atomic E-state index is 5.33. The van der Waals surface area contributed by atoms with E-state index in [-0.39, 0.29) is 5.92 Å². The summed E-state index contributed by atoms with van der Waals surface area (Å²) in [5.74, 6) is 0.0531. The van der Waals surface area contributed by atoms with Crippen LogP contribution in [0.25, 0.3) is 22.3 Å². The molecule has 0 N–H and O–H groups in total. The maximum Gasteiger partial charge on any atom is 0.0712 e. The van der Waals surface area contributed by atoms with Crippen LogP contribution in [-0.2, 0) is 0 Å². The van der Waals surface area contributed by atoms with Crippen LogP contribution in [0.5, 0.6) is 0 Å². The molecular weight excluding hydrogens is 398 g/mol. The fourth-order valence-electron chi connectivity index (χ4n) is 4.82. The third kappa shape index (κ3) is 3.58. The summed E-state index contributed by atoms with van der Waals surface area (Å²) in [6.07, 6.45) is 0. The van der Waals surface area contributed by atoms with E-state index < -0.39 is 0 Å². The van der Waals surface area contributed by atoms with E-state index in [0.29, 0.717) is 0 Å². The van der Waals surface area contributed by atoms with Gasteiger partial charge in [0.05, 0.1) is 17.3 Å². The monoisotopic (exact) mass is 421 g/mol. The molecule has 1 heterocycles. The molecule has 0 aliphatic carbocycles. The highest BCUT2D eigenvalue weighted by molar-refractivity contribution is 6.11. The molecule has 5 aromatic carbocycles. The smallest absolute Gasteiger partial charge is 0.0712 e.